The Balaban J connectivity index is 0.00000280. The molecule has 1 fully saturated rings. The van der Waals surface area contributed by atoms with Crippen molar-refractivity contribution in [2.75, 3.05) is 26.2 Å². The number of hydrogen-bond donors (Lipinski definition) is 2. The Labute approximate surface area is 185 Å². The molecule has 3 rings (SSSR count). The third-order valence-electron chi connectivity index (χ3n) is 4.88. The van der Waals surface area contributed by atoms with Crippen LogP contribution in [0.1, 0.15) is 30.9 Å². The van der Waals surface area contributed by atoms with Gasteiger partial charge in [0.15, 0.2) is 5.96 Å². The number of guanidine groups is 1. The minimum Gasteiger partial charge on any atom is -0.357 e. The van der Waals surface area contributed by atoms with E-state index in [4.69, 9.17) is 4.99 Å². The van der Waals surface area contributed by atoms with Crippen molar-refractivity contribution in [3.8, 4) is 0 Å². The molecule has 0 atom stereocenters. The Bertz CT molecular complexity index is 707. The van der Waals surface area contributed by atoms with Crippen LogP contribution in [0, 0.1) is 6.92 Å². The van der Waals surface area contributed by atoms with Gasteiger partial charge in [0.1, 0.15) is 0 Å². The standard InChI is InChI=1S/C21H32N6.HI/c1-3-22-21(23-11-14-27-16-18(2)15-24-27)25-20-9-12-26(13-10-20)17-19-7-5-4-6-8-19;/h4-8,15-16,20H,3,9-14,17H2,1-2H3,(H2,22,23,25);1H. The molecule has 2 heterocycles. The summed E-state index contributed by atoms with van der Waals surface area (Å²) in [5.41, 5.74) is 2.58. The van der Waals surface area contributed by atoms with E-state index in [0.29, 0.717) is 6.04 Å². The van der Waals surface area contributed by atoms with Gasteiger partial charge in [-0.3, -0.25) is 14.6 Å². The van der Waals surface area contributed by atoms with Gasteiger partial charge in [0, 0.05) is 38.4 Å². The second-order valence-electron chi connectivity index (χ2n) is 7.22. The molecular weight excluding hydrogens is 463 g/mol. The van der Waals surface area contributed by atoms with Crippen LogP contribution in [0.25, 0.3) is 0 Å². The maximum Gasteiger partial charge on any atom is 0.191 e. The number of likely N-dealkylation sites (tertiary alicyclic amines) is 1. The van der Waals surface area contributed by atoms with E-state index in [-0.39, 0.29) is 24.0 Å². The first-order valence-corrected chi connectivity index (χ1v) is 10.0. The van der Waals surface area contributed by atoms with Crippen LogP contribution in [0.2, 0.25) is 0 Å². The first kappa shape index (κ1) is 22.7. The summed E-state index contributed by atoms with van der Waals surface area (Å²) in [6.07, 6.45) is 6.24. The molecule has 28 heavy (non-hydrogen) atoms. The largest absolute Gasteiger partial charge is 0.357 e. The van der Waals surface area contributed by atoms with E-state index in [1.54, 1.807) is 0 Å². The van der Waals surface area contributed by atoms with E-state index in [1.807, 2.05) is 10.9 Å². The first-order chi connectivity index (χ1) is 13.2. The normalized spacial score (nSPS) is 15.9. The summed E-state index contributed by atoms with van der Waals surface area (Å²) in [6, 6.07) is 11.2. The number of aliphatic imine (C=N–C) groups is 1. The number of aromatic nitrogens is 2. The van der Waals surface area contributed by atoms with Crippen molar-refractivity contribution in [3.05, 3.63) is 53.9 Å². The predicted molar refractivity (Wildman–Crippen MR) is 126 cm³/mol. The lowest BCUT2D eigenvalue weighted by Crippen LogP contribution is -2.48. The third-order valence-corrected chi connectivity index (χ3v) is 4.88. The Morgan fingerprint density at radius 1 is 1.21 bits per heavy atom. The van der Waals surface area contributed by atoms with Crippen LogP contribution >= 0.6 is 24.0 Å². The fourth-order valence-electron chi connectivity index (χ4n) is 3.44. The fourth-order valence-corrected chi connectivity index (χ4v) is 3.44. The summed E-state index contributed by atoms with van der Waals surface area (Å²) >= 11 is 0. The number of aryl methyl sites for hydroxylation is 1. The highest BCUT2D eigenvalue weighted by Crippen LogP contribution is 2.13. The molecule has 7 heteroatoms. The maximum atomic E-state index is 4.72. The van der Waals surface area contributed by atoms with E-state index in [1.165, 1.54) is 11.1 Å². The number of nitrogens with zero attached hydrogens (tertiary/aromatic N) is 4. The van der Waals surface area contributed by atoms with E-state index in [0.717, 1.165) is 58.1 Å². The SMILES string of the molecule is CCNC(=NCCn1cc(C)cn1)NC1CCN(Cc2ccccc2)CC1.I. The summed E-state index contributed by atoms with van der Waals surface area (Å²) in [6.45, 7) is 9.87. The predicted octanol–water partition coefficient (Wildman–Crippen LogP) is 3.03. The lowest BCUT2D eigenvalue weighted by molar-refractivity contribution is 0.198. The van der Waals surface area contributed by atoms with E-state index in [9.17, 15) is 0 Å². The number of piperidine rings is 1. The topological polar surface area (TPSA) is 57.5 Å². The summed E-state index contributed by atoms with van der Waals surface area (Å²) in [5.74, 6) is 0.919. The smallest absolute Gasteiger partial charge is 0.191 e. The number of benzene rings is 1. The highest BCUT2D eigenvalue weighted by Gasteiger charge is 2.19. The van der Waals surface area contributed by atoms with Crippen molar-refractivity contribution in [2.24, 2.45) is 4.99 Å². The van der Waals surface area contributed by atoms with Crippen LogP contribution in [-0.4, -0.2) is 52.9 Å². The third kappa shape index (κ3) is 7.43. The highest BCUT2D eigenvalue weighted by molar-refractivity contribution is 14.0. The zero-order valence-corrected chi connectivity index (χ0v) is 19.3. The quantitative estimate of drug-likeness (QED) is 0.352. The fraction of sp³-hybridized carbons (Fsp3) is 0.524. The Morgan fingerprint density at radius 2 is 1.96 bits per heavy atom. The van der Waals surface area contributed by atoms with Gasteiger partial charge in [0.2, 0.25) is 0 Å². The van der Waals surface area contributed by atoms with Gasteiger partial charge in [-0.2, -0.15) is 5.10 Å². The minimum atomic E-state index is 0. The minimum absolute atomic E-state index is 0. The molecule has 0 saturated carbocycles. The van der Waals surface area contributed by atoms with Gasteiger partial charge in [-0.15, -0.1) is 24.0 Å². The summed E-state index contributed by atoms with van der Waals surface area (Å²) < 4.78 is 1.95. The number of halogens is 1. The van der Waals surface area contributed by atoms with Gasteiger partial charge < -0.3 is 10.6 Å². The first-order valence-electron chi connectivity index (χ1n) is 10.0. The summed E-state index contributed by atoms with van der Waals surface area (Å²) in [4.78, 5) is 7.26. The molecule has 0 spiro atoms. The Morgan fingerprint density at radius 3 is 2.61 bits per heavy atom. The molecule has 1 aliphatic heterocycles. The second kappa shape index (κ2) is 12.1. The van der Waals surface area contributed by atoms with Gasteiger partial charge in [-0.05, 0) is 37.8 Å². The van der Waals surface area contributed by atoms with E-state index in [2.05, 4.69) is 71.0 Å². The van der Waals surface area contributed by atoms with Gasteiger partial charge in [-0.25, -0.2) is 0 Å². The molecule has 0 radical (unpaired) electrons. The molecule has 0 bridgehead atoms. The monoisotopic (exact) mass is 496 g/mol. The molecule has 0 aliphatic carbocycles. The van der Waals surface area contributed by atoms with Crippen molar-refractivity contribution < 1.29 is 0 Å². The molecule has 1 aromatic heterocycles. The summed E-state index contributed by atoms with van der Waals surface area (Å²) in [7, 11) is 0. The molecular formula is C21H33IN6. The van der Waals surface area contributed by atoms with Gasteiger partial charge >= 0.3 is 0 Å². The van der Waals surface area contributed by atoms with E-state index < -0.39 is 0 Å². The van der Waals surface area contributed by atoms with Crippen molar-refractivity contribution in [2.45, 2.75) is 45.8 Å². The van der Waals surface area contributed by atoms with Crippen molar-refractivity contribution in [1.29, 1.82) is 0 Å². The van der Waals surface area contributed by atoms with Gasteiger partial charge in [-0.1, -0.05) is 30.3 Å². The summed E-state index contributed by atoms with van der Waals surface area (Å²) in [5, 5.41) is 11.3. The van der Waals surface area contributed by atoms with Crippen molar-refractivity contribution in [3.63, 3.8) is 0 Å². The van der Waals surface area contributed by atoms with Gasteiger partial charge in [0.25, 0.3) is 0 Å². The van der Waals surface area contributed by atoms with Crippen LogP contribution in [0.5, 0.6) is 0 Å². The number of nitrogens with one attached hydrogen (secondary N) is 2. The Kier molecular flexibility index (Phi) is 9.77. The average Bonchev–Trinajstić information content (AvgIpc) is 3.09. The molecule has 6 nitrogen and oxygen atoms in total. The molecule has 2 N–H and O–H groups in total. The van der Waals surface area contributed by atoms with Crippen LogP contribution < -0.4 is 10.6 Å². The molecule has 0 unspecified atom stereocenters. The second-order valence-corrected chi connectivity index (χ2v) is 7.22. The highest BCUT2D eigenvalue weighted by atomic mass is 127. The molecule has 1 aromatic carbocycles. The zero-order valence-electron chi connectivity index (χ0n) is 17.0. The molecule has 0 amide bonds. The molecule has 1 aliphatic rings. The lowest BCUT2D eigenvalue weighted by atomic mass is 10.0. The number of hydrogen-bond acceptors (Lipinski definition) is 3. The van der Waals surface area contributed by atoms with Crippen LogP contribution in [0.3, 0.4) is 0 Å². The van der Waals surface area contributed by atoms with E-state index >= 15 is 0 Å². The van der Waals surface area contributed by atoms with Crippen molar-refractivity contribution in [1.82, 2.24) is 25.3 Å². The zero-order chi connectivity index (χ0) is 18.9. The average molecular weight is 496 g/mol. The lowest BCUT2D eigenvalue weighted by Gasteiger charge is -2.33. The molecule has 1 saturated heterocycles. The van der Waals surface area contributed by atoms with Crippen LogP contribution in [-0.2, 0) is 13.1 Å². The van der Waals surface area contributed by atoms with Gasteiger partial charge in [0.05, 0.1) is 19.3 Å². The number of rotatable bonds is 7. The van der Waals surface area contributed by atoms with Crippen LogP contribution in [0.15, 0.2) is 47.7 Å². The maximum absolute atomic E-state index is 4.72. The molecule has 2 aromatic rings. The van der Waals surface area contributed by atoms with Crippen molar-refractivity contribution >= 4 is 29.9 Å². The Hall–Kier alpha value is -1.61. The van der Waals surface area contributed by atoms with Crippen LogP contribution in [0.4, 0.5) is 0 Å². The molecule has 154 valence electrons.